The molecule has 2 atom stereocenters. The number of Topliss-reactive ketones (excluding diaryl/α,β-unsaturated/α-hetero) is 1. The second kappa shape index (κ2) is 7.99. The number of hydrogen-bond donors (Lipinski definition) is 1. The topological polar surface area (TPSA) is 57.6 Å². The Balaban J connectivity index is 1.76. The number of fused-ring (bicyclic) bond motifs is 1. The van der Waals surface area contributed by atoms with Gasteiger partial charge >= 0.3 is 0 Å². The molecule has 1 N–H and O–H groups in total. The summed E-state index contributed by atoms with van der Waals surface area (Å²) in [6.07, 6.45) is 0. The molecular weight excluding hydrogens is 466 g/mol. The van der Waals surface area contributed by atoms with Crippen LogP contribution in [0.15, 0.2) is 77.3 Å². The summed E-state index contributed by atoms with van der Waals surface area (Å²) in [5.74, 6) is -1.82. The molecule has 0 saturated heterocycles. The van der Waals surface area contributed by atoms with Gasteiger partial charge in [-0.25, -0.2) is 0 Å². The van der Waals surface area contributed by atoms with Gasteiger partial charge in [0.25, 0.3) is 5.91 Å². The summed E-state index contributed by atoms with van der Waals surface area (Å²) in [6, 6.07) is 21.3. The van der Waals surface area contributed by atoms with E-state index in [1.807, 2.05) is 36.4 Å². The van der Waals surface area contributed by atoms with Crippen LogP contribution in [0, 0.1) is 5.92 Å². The Labute approximate surface area is 188 Å². The molecule has 0 spiro atoms. The van der Waals surface area contributed by atoms with E-state index < -0.39 is 17.4 Å². The van der Waals surface area contributed by atoms with Crippen LogP contribution in [-0.4, -0.2) is 16.8 Å². The fraction of sp³-hybridized carbons (Fsp3) is 0.167. The SMILES string of the molecule is C[C@H](C(=O)c1ccc(Cl)cc1)[C@@]1(O)C(=O)N(Cc2ccccc2)c2ccc(Br)cc21. The highest BCUT2D eigenvalue weighted by molar-refractivity contribution is 9.10. The molecule has 0 bridgehead atoms. The zero-order valence-electron chi connectivity index (χ0n) is 16.2. The molecule has 152 valence electrons. The van der Waals surface area contributed by atoms with Crippen LogP contribution < -0.4 is 4.90 Å². The molecule has 1 amide bonds. The number of carbonyl (C=O) groups is 2. The molecule has 3 aromatic rings. The van der Waals surface area contributed by atoms with Gasteiger partial charge in [-0.3, -0.25) is 9.59 Å². The zero-order chi connectivity index (χ0) is 21.5. The molecule has 0 fully saturated rings. The number of amides is 1. The van der Waals surface area contributed by atoms with Crippen molar-refractivity contribution in [3.8, 4) is 0 Å². The van der Waals surface area contributed by atoms with Gasteiger partial charge in [-0.15, -0.1) is 0 Å². The summed E-state index contributed by atoms with van der Waals surface area (Å²) >= 11 is 9.35. The molecule has 0 saturated carbocycles. The van der Waals surface area contributed by atoms with Gasteiger partial charge in [0.2, 0.25) is 0 Å². The molecule has 1 aliphatic heterocycles. The maximum atomic E-state index is 13.5. The van der Waals surface area contributed by atoms with Crippen molar-refractivity contribution in [1.82, 2.24) is 0 Å². The number of aliphatic hydroxyl groups is 1. The van der Waals surface area contributed by atoms with Crippen LogP contribution in [0.25, 0.3) is 0 Å². The number of hydrogen-bond acceptors (Lipinski definition) is 3. The third kappa shape index (κ3) is 3.47. The lowest BCUT2D eigenvalue weighted by Gasteiger charge is -2.28. The van der Waals surface area contributed by atoms with Gasteiger partial charge in [0.05, 0.1) is 18.2 Å². The molecule has 4 nitrogen and oxygen atoms in total. The van der Waals surface area contributed by atoms with Crippen molar-refractivity contribution in [2.24, 2.45) is 5.92 Å². The summed E-state index contributed by atoms with van der Waals surface area (Å²) in [7, 11) is 0. The lowest BCUT2D eigenvalue weighted by atomic mass is 9.79. The van der Waals surface area contributed by atoms with E-state index >= 15 is 0 Å². The number of nitrogens with zero attached hydrogens (tertiary/aromatic N) is 1. The molecule has 0 unspecified atom stereocenters. The highest BCUT2D eigenvalue weighted by atomic mass is 79.9. The second-order valence-corrected chi connectivity index (χ2v) is 8.75. The summed E-state index contributed by atoms with van der Waals surface area (Å²) in [5.41, 5.74) is 0.384. The minimum Gasteiger partial charge on any atom is -0.375 e. The highest BCUT2D eigenvalue weighted by Crippen LogP contribution is 2.47. The molecule has 0 radical (unpaired) electrons. The average molecular weight is 485 g/mol. The smallest absolute Gasteiger partial charge is 0.264 e. The van der Waals surface area contributed by atoms with Gasteiger partial charge in [0, 0.05) is 20.6 Å². The minimum absolute atomic E-state index is 0.304. The molecule has 30 heavy (non-hydrogen) atoms. The minimum atomic E-state index is -1.97. The Morgan fingerprint density at radius 2 is 1.77 bits per heavy atom. The first-order chi connectivity index (χ1) is 14.3. The Kier molecular flexibility index (Phi) is 5.53. The lowest BCUT2D eigenvalue weighted by Crippen LogP contribution is -2.47. The van der Waals surface area contributed by atoms with E-state index in [4.69, 9.17) is 11.6 Å². The molecule has 4 rings (SSSR count). The van der Waals surface area contributed by atoms with Crippen LogP contribution >= 0.6 is 27.5 Å². The summed E-state index contributed by atoms with van der Waals surface area (Å²) < 4.78 is 0.722. The normalized spacial score (nSPS) is 18.9. The van der Waals surface area contributed by atoms with E-state index in [1.165, 1.54) is 0 Å². The molecule has 1 aliphatic rings. The first-order valence-corrected chi connectivity index (χ1v) is 10.7. The fourth-order valence-corrected chi connectivity index (χ4v) is 4.36. The molecule has 6 heteroatoms. The van der Waals surface area contributed by atoms with Crippen LogP contribution in [-0.2, 0) is 16.9 Å². The van der Waals surface area contributed by atoms with Crippen LogP contribution in [0.5, 0.6) is 0 Å². The van der Waals surface area contributed by atoms with Crippen molar-refractivity contribution in [2.45, 2.75) is 19.1 Å². The highest BCUT2D eigenvalue weighted by Gasteiger charge is 2.55. The average Bonchev–Trinajstić information content (AvgIpc) is 2.96. The predicted octanol–water partition coefficient (Wildman–Crippen LogP) is 5.36. The monoisotopic (exact) mass is 483 g/mol. The van der Waals surface area contributed by atoms with Crippen LogP contribution in [0.2, 0.25) is 5.02 Å². The van der Waals surface area contributed by atoms with Crippen LogP contribution in [0.1, 0.15) is 28.4 Å². The number of carbonyl (C=O) groups excluding carboxylic acids is 2. The largest absolute Gasteiger partial charge is 0.375 e. The molecule has 0 aromatic heterocycles. The van der Waals surface area contributed by atoms with E-state index in [-0.39, 0.29) is 5.78 Å². The number of benzene rings is 3. The van der Waals surface area contributed by atoms with Crippen molar-refractivity contribution in [2.75, 3.05) is 4.90 Å². The van der Waals surface area contributed by atoms with Gasteiger partial charge in [0.15, 0.2) is 11.4 Å². The Bertz CT molecular complexity index is 1120. The third-order valence-electron chi connectivity index (χ3n) is 5.56. The van der Waals surface area contributed by atoms with Crippen molar-refractivity contribution in [1.29, 1.82) is 0 Å². The van der Waals surface area contributed by atoms with Crippen molar-refractivity contribution in [3.63, 3.8) is 0 Å². The number of anilines is 1. The molecular formula is C24H19BrClNO3. The second-order valence-electron chi connectivity index (χ2n) is 7.40. The molecule has 0 aliphatic carbocycles. The fourth-order valence-electron chi connectivity index (χ4n) is 3.87. The van der Waals surface area contributed by atoms with Gasteiger partial charge in [-0.05, 0) is 48.0 Å². The lowest BCUT2D eigenvalue weighted by molar-refractivity contribution is -0.139. The summed E-state index contributed by atoms with van der Waals surface area (Å²) in [4.78, 5) is 28.2. The molecule has 1 heterocycles. The molecule has 3 aromatic carbocycles. The summed E-state index contributed by atoms with van der Waals surface area (Å²) in [6.45, 7) is 1.89. The first kappa shape index (κ1) is 20.8. The van der Waals surface area contributed by atoms with Crippen LogP contribution in [0.4, 0.5) is 5.69 Å². The summed E-state index contributed by atoms with van der Waals surface area (Å²) in [5, 5.41) is 12.2. The van der Waals surface area contributed by atoms with Crippen molar-refractivity contribution >= 4 is 44.9 Å². The van der Waals surface area contributed by atoms with E-state index in [0.717, 1.165) is 10.0 Å². The number of rotatable bonds is 5. The third-order valence-corrected chi connectivity index (χ3v) is 6.31. The first-order valence-electron chi connectivity index (χ1n) is 9.50. The number of halogens is 2. The Morgan fingerprint density at radius 1 is 1.10 bits per heavy atom. The zero-order valence-corrected chi connectivity index (χ0v) is 18.5. The number of ketones is 1. The van der Waals surface area contributed by atoms with Crippen molar-refractivity contribution in [3.05, 3.63) is 99.0 Å². The predicted molar refractivity (Wildman–Crippen MR) is 121 cm³/mol. The van der Waals surface area contributed by atoms with Gasteiger partial charge in [-0.1, -0.05) is 64.8 Å². The quantitative estimate of drug-likeness (QED) is 0.496. The Hall–Kier alpha value is -2.47. The Morgan fingerprint density at radius 3 is 2.43 bits per heavy atom. The van der Waals surface area contributed by atoms with Crippen molar-refractivity contribution < 1.29 is 14.7 Å². The maximum Gasteiger partial charge on any atom is 0.264 e. The van der Waals surface area contributed by atoms with E-state index in [0.29, 0.717) is 28.4 Å². The maximum absolute atomic E-state index is 13.5. The van der Waals surface area contributed by atoms with E-state index in [1.54, 1.807) is 48.2 Å². The van der Waals surface area contributed by atoms with Gasteiger partial charge in [0.1, 0.15) is 0 Å². The van der Waals surface area contributed by atoms with Crippen LogP contribution in [0.3, 0.4) is 0 Å². The van der Waals surface area contributed by atoms with E-state index in [2.05, 4.69) is 15.9 Å². The van der Waals surface area contributed by atoms with Gasteiger partial charge < -0.3 is 10.0 Å². The standard InChI is InChI=1S/C24H19BrClNO3/c1-15(22(28)17-7-10-19(26)11-8-17)24(30)20-13-18(25)9-12-21(20)27(23(24)29)14-16-5-3-2-4-6-16/h2-13,15,30H,14H2,1H3/t15-,24+/m1/s1. The van der Waals surface area contributed by atoms with E-state index in [9.17, 15) is 14.7 Å². The van der Waals surface area contributed by atoms with Gasteiger partial charge in [-0.2, -0.15) is 0 Å².